The summed E-state index contributed by atoms with van der Waals surface area (Å²) in [6.07, 6.45) is -0.416. The molecular weight excluding hydrogens is 336 g/mol. The molecule has 24 heavy (non-hydrogen) atoms. The van der Waals surface area contributed by atoms with Crippen LogP contribution < -0.4 is 5.32 Å². The lowest BCUT2D eigenvalue weighted by molar-refractivity contribution is 0.0934. The normalized spacial score (nSPS) is 15.9. The fourth-order valence-corrected chi connectivity index (χ4v) is 3.74. The van der Waals surface area contributed by atoms with Crippen LogP contribution in [0.25, 0.3) is 0 Å². The van der Waals surface area contributed by atoms with Crippen molar-refractivity contribution in [1.82, 2.24) is 19.4 Å². The average Bonchev–Trinajstić information content (AvgIpc) is 2.56. The maximum atomic E-state index is 12.3. The molecule has 1 aliphatic rings. The van der Waals surface area contributed by atoms with Crippen LogP contribution in [0.1, 0.15) is 20.8 Å². The molecule has 0 radical (unpaired) electrons. The molecule has 0 aromatic heterocycles. The van der Waals surface area contributed by atoms with Gasteiger partial charge in [0, 0.05) is 45.8 Å². The first kappa shape index (κ1) is 20.5. The van der Waals surface area contributed by atoms with E-state index in [0.29, 0.717) is 32.8 Å². The Balaban J connectivity index is 2.42. The van der Waals surface area contributed by atoms with E-state index in [0.717, 1.165) is 0 Å². The highest BCUT2D eigenvalue weighted by Gasteiger charge is 2.29. The second-order valence-electron chi connectivity index (χ2n) is 5.31. The Morgan fingerprint density at radius 3 is 2.17 bits per heavy atom. The van der Waals surface area contributed by atoms with E-state index in [1.165, 1.54) is 9.21 Å². The van der Waals surface area contributed by atoms with Gasteiger partial charge in [0.1, 0.15) is 0 Å². The van der Waals surface area contributed by atoms with Crippen molar-refractivity contribution in [1.29, 1.82) is 0 Å². The van der Waals surface area contributed by atoms with E-state index < -0.39 is 16.1 Å². The van der Waals surface area contributed by atoms with Crippen molar-refractivity contribution < 1.29 is 22.7 Å². The topological polar surface area (TPSA) is 99.3 Å². The third-order valence-corrected chi connectivity index (χ3v) is 5.72. The monoisotopic (exact) mass is 364 g/mol. The maximum Gasteiger partial charge on any atom is 0.409 e. The molecule has 0 aromatic carbocycles. The molecule has 0 spiro atoms. The van der Waals surface area contributed by atoms with E-state index in [2.05, 4.69) is 5.32 Å². The predicted molar refractivity (Wildman–Crippen MR) is 90.3 cm³/mol. The van der Waals surface area contributed by atoms with E-state index >= 15 is 0 Å². The van der Waals surface area contributed by atoms with Crippen LogP contribution in [0.4, 0.5) is 9.59 Å². The van der Waals surface area contributed by atoms with Gasteiger partial charge < -0.3 is 19.9 Å². The van der Waals surface area contributed by atoms with Crippen LogP contribution in [0.15, 0.2) is 0 Å². The molecule has 140 valence electrons. The quantitative estimate of drug-likeness (QED) is 0.693. The smallest absolute Gasteiger partial charge is 0.409 e. The minimum Gasteiger partial charge on any atom is -0.450 e. The van der Waals surface area contributed by atoms with Crippen LogP contribution in [0, 0.1) is 0 Å². The fraction of sp³-hybridized carbons (Fsp3) is 0.857. The number of hydrogen-bond donors (Lipinski definition) is 1. The molecule has 0 saturated carbocycles. The molecule has 0 unspecified atom stereocenters. The van der Waals surface area contributed by atoms with Gasteiger partial charge in [0.05, 0.1) is 12.4 Å². The molecule has 1 heterocycles. The zero-order valence-electron chi connectivity index (χ0n) is 14.7. The van der Waals surface area contributed by atoms with Gasteiger partial charge in [-0.25, -0.2) is 18.0 Å². The van der Waals surface area contributed by atoms with E-state index in [1.54, 1.807) is 11.8 Å². The highest BCUT2D eigenvalue weighted by Crippen LogP contribution is 2.09. The molecule has 10 heteroatoms. The first-order chi connectivity index (χ1) is 11.4. The molecule has 1 fully saturated rings. The zero-order valence-corrected chi connectivity index (χ0v) is 15.5. The minimum atomic E-state index is -3.46. The molecule has 1 aliphatic heterocycles. The molecule has 1 N–H and O–H groups in total. The summed E-state index contributed by atoms with van der Waals surface area (Å²) in [5.41, 5.74) is 0. The van der Waals surface area contributed by atoms with Gasteiger partial charge in [0.2, 0.25) is 10.0 Å². The van der Waals surface area contributed by atoms with Gasteiger partial charge >= 0.3 is 12.1 Å². The number of amides is 3. The summed E-state index contributed by atoms with van der Waals surface area (Å²) < 4.78 is 30.9. The number of nitrogens with one attached hydrogen (secondary N) is 1. The molecular formula is C14H28N4O5S. The largest absolute Gasteiger partial charge is 0.450 e. The molecule has 0 bridgehead atoms. The van der Waals surface area contributed by atoms with Gasteiger partial charge in [0.15, 0.2) is 0 Å². The highest BCUT2D eigenvalue weighted by atomic mass is 32.2. The number of urea groups is 1. The van der Waals surface area contributed by atoms with Crippen LogP contribution in [0.5, 0.6) is 0 Å². The Hall–Kier alpha value is -1.55. The number of carbonyl (C=O) groups is 2. The molecule has 1 saturated heterocycles. The average molecular weight is 364 g/mol. The number of rotatable bonds is 7. The van der Waals surface area contributed by atoms with Crippen molar-refractivity contribution in [3.8, 4) is 0 Å². The lowest BCUT2D eigenvalue weighted by Gasteiger charge is -2.33. The number of piperazine rings is 1. The number of nitrogens with zero attached hydrogens (tertiary/aromatic N) is 3. The molecule has 3 amide bonds. The van der Waals surface area contributed by atoms with E-state index in [4.69, 9.17) is 4.74 Å². The number of carbonyl (C=O) groups excluding carboxylic acids is 2. The summed E-state index contributed by atoms with van der Waals surface area (Å²) in [5.74, 6) is -0.153. The van der Waals surface area contributed by atoms with Crippen LogP contribution in [-0.2, 0) is 14.8 Å². The lowest BCUT2D eigenvalue weighted by atomic mass is 10.4. The van der Waals surface area contributed by atoms with Gasteiger partial charge in [-0.05, 0) is 20.8 Å². The molecule has 0 aromatic rings. The van der Waals surface area contributed by atoms with Crippen LogP contribution in [-0.4, -0.2) is 92.8 Å². The Bertz CT molecular complexity index is 513. The van der Waals surface area contributed by atoms with Crippen LogP contribution in [0.3, 0.4) is 0 Å². The first-order valence-corrected chi connectivity index (χ1v) is 9.88. The summed E-state index contributed by atoms with van der Waals surface area (Å²) in [5, 5.41) is 2.62. The van der Waals surface area contributed by atoms with Crippen LogP contribution >= 0.6 is 0 Å². The third-order valence-electron chi connectivity index (χ3n) is 3.84. The molecule has 9 nitrogen and oxygen atoms in total. The maximum absolute atomic E-state index is 12.3. The minimum absolute atomic E-state index is 0.0652. The molecule has 1 rings (SSSR count). The SMILES string of the molecule is CCOC(=O)N1CCN(S(=O)(=O)CCNC(=O)N(CC)CC)CC1. The van der Waals surface area contributed by atoms with Crippen molar-refractivity contribution in [3.05, 3.63) is 0 Å². The highest BCUT2D eigenvalue weighted by molar-refractivity contribution is 7.89. The second kappa shape index (κ2) is 9.67. The van der Waals surface area contributed by atoms with Crippen LogP contribution in [0.2, 0.25) is 0 Å². The van der Waals surface area contributed by atoms with Crippen molar-refractivity contribution in [3.63, 3.8) is 0 Å². The lowest BCUT2D eigenvalue weighted by Crippen LogP contribution is -2.52. The van der Waals surface area contributed by atoms with E-state index in [9.17, 15) is 18.0 Å². The molecule has 0 aliphatic carbocycles. The molecule has 0 atom stereocenters. The Kier molecular flexibility index (Phi) is 8.26. The Morgan fingerprint density at radius 2 is 1.67 bits per heavy atom. The van der Waals surface area contributed by atoms with Gasteiger partial charge in [0.25, 0.3) is 0 Å². The van der Waals surface area contributed by atoms with Crippen molar-refractivity contribution in [2.24, 2.45) is 0 Å². The second-order valence-corrected chi connectivity index (χ2v) is 7.39. The van der Waals surface area contributed by atoms with Gasteiger partial charge in [-0.15, -0.1) is 0 Å². The first-order valence-electron chi connectivity index (χ1n) is 8.28. The number of sulfonamides is 1. The van der Waals surface area contributed by atoms with Crippen molar-refractivity contribution in [2.75, 3.05) is 58.2 Å². The van der Waals surface area contributed by atoms with E-state index in [1.807, 2.05) is 13.8 Å². The summed E-state index contributed by atoms with van der Waals surface area (Å²) in [6.45, 7) is 8.07. The van der Waals surface area contributed by atoms with Crippen molar-refractivity contribution >= 4 is 22.1 Å². The summed E-state index contributed by atoms with van der Waals surface area (Å²) in [6, 6.07) is -0.262. The number of hydrogen-bond acceptors (Lipinski definition) is 5. The van der Waals surface area contributed by atoms with Gasteiger partial charge in [-0.1, -0.05) is 0 Å². The summed E-state index contributed by atoms with van der Waals surface area (Å²) in [7, 11) is -3.46. The predicted octanol–water partition coefficient (Wildman–Crippen LogP) is 0.142. The van der Waals surface area contributed by atoms with Gasteiger partial charge in [-0.2, -0.15) is 4.31 Å². The van der Waals surface area contributed by atoms with E-state index in [-0.39, 0.29) is 31.4 Å². The summed E-state index contributed by atoms with van der Waals surface area (Å²) >= 11 is 0. The van der Waals surface area contributed by atoms with Crippen molar-refractivity contribution in [2.45, 2.75) is 20.8 Å². The fourth-order valence-electron chi connectivity index (χ4n) is 2.40. The standard InChI is InChI=1S/C14H28N4O5S/c1-4-16(5-2)13(19)15-7-12-24(21,22)18-10-8-17(9-11-18)14(20)23-6-3/h4-12H2,1-3H3,(H,15,19). The Labute approximate surface area is 144 Å². The van der Waals surface area contributed by atoms with Gasteiger partial charge in [-0.3, -0.25) is 0 Å². The Morgan fingerprint density at radius 1 is 1.08 bits per heavy atom. The third kappa shape index (κ3) is 5.82. The summed E-state index contributed by atoms with van der Waals surface area (Å²) in [4.78, 5) is 26.5. The zero-order chi connectivity index (χ0) is 18.2. The number of ether oxygens (including phenoxy) is 1.